The van der Waals surface area contributed by atoms with Gasteiger partial charge in [-0.3, -0.25) is 4.79 Å². The van der Waals surface area contributed by atoms with E-state index in [0.717, 1.165) is 0 Å². The van der Waals surface area contributed by atoms with E-state index in [1.807, 2.05) is 0 Å². The lowest BCUT2D eigenvalue weighted by Gasteiger charge is -2.13. The summed E-state index contributed by atoms with van der Waals surface area (Å²) in [5, 5.41) is 5.34. The summed E-state index contributed by atoms with van der Waals surface area (Å²) in [6, 6.07) is 0. The van der Waals surface area contributed by atoms with Gasteiger partial charge in [0.15, 0.2) is 0 Å². The molecule has 1 saturated heterocycles. The van der Waals surface area contributed by atoms with Crippen LogP contribution in [0, 0.1) is 0 Å². The van der Waals surface area contributed by atoms with Crippen LogP contribution in [0.5, 0.6) is 0 Å². The number of amides is 1. The zero-order chi connectivity index (χ0) is 5.98. The molecule has 2 N–H and O–H groups in total. The van der Waals surface area contributed by atoms with Crippen LogP contribution in [0.25, 0.3) is 0 Å². The first-order valence-electron chi connectivity index (χ1n) is 2.32. The zero-order valence-corrected chi connectivity index (χ0v) is 5.05. The molecule has 0 unspecified atom stereocenters. The molecule has 0 saturated carbocycles. The quantitative estimate of drug-likeness (QED) is 0.415. The molecule has 0 radical (unpaired) electrons. The Bertz CT molecular complexity index is 106. The van der Waals surface area contributed by atoms with Crippen LogP contribution in [0.3, 0.4) is 0 Å². The van der Waals surface area contributed by atoms with Gasteiger partial charge in [0.1, 0.15) is 0 Å². The molecule has 3 nitrogen and oxygen atoms in total. The standard InChI is InChI=1S/C4H6N2OS/c7-3-1-6-4(8)2-5-3/h1-2H2,(H,5,7)(H,6,8). The van der Waals surface area contributed by atoms with E-state index in [-0.39, 0.29) is 5.91 Å². The highest BCUT2D eigenvalue weighted by atomic mass is 32.1. The van der Waals surface area contributed by atoms with Gasteiger partial charge in [-0.05, 0) is 0 Å². The summed E-state index contributed by atoms with van der Waals surface area (Å²) in [7, 11) is 0. The maximum Gasteiger partial charge on any atom is 0.239 e. The third-order valence-electron chi connectivity index (χ3n) is 0.892. The van der Waals surface area contributed by atoms with Crippen LogP contribution < -0.4 is 10.6 Å². The van der Waals surface area contributed by atoms with Crippen molar-refractivity contribution in [3.63, 3.8) is 0 Å². The third kappa shape index (κ3) is 1.16. The molecule has 1 rings (SSSR count). The van der Waals surface area contributed by atoms with Crippen LogP contribution in [0.4, 0.5) is 0 Å². The summed E-state index contributed by atoms with van der Waals surface area (Å²) in [5.74, 6) is 0.0126. The highest BCUT2D eigenvalue weighted by Gasteiger charge is 2.07. The Morgan fingerprint density at radius 1 is 1.38 bits per heavy atom. The van der Waals surface area contributed by atoms with Crippen LogP contribution in [0.1, 0.15) is 0 Å². The van der Waals surface area contributed by atoms with E-state index in [9.17, 15) is 4.79 Å². The smallest absolute Gasteiger partial charge is 0.239 e. The lowest BCUT2D eigenvalue weighted by molar-refractivity contribution is -0.120. The van der Waals surface area contributed by atoms with Gasteiger partial charge in [0.25, 0.3) is 0 Å². The third-order valence-corrected chi connectivity index (χ3v) is 1.18. The molecular weight excluding hydrogens is 124 g/mol. The molecule has 1 heterocycles. The molecule has 1 fully saturated rings. The average Bonchev–Trinajstić information content (AvgIpc) is 1.77. The van der Waals surface area contributed by atoms with Crippen LogP contribution in [-0.2, 0) is 4.79 Å². The van der Waals surface area contributed by atoms with E-state index in [1.165, 1.54) is 0 Å². The summed E-state index contributed by atoms with van der Waals surface area (Å²) < 4.78 is 0. The van der Waals surface area contributed by atoms with Crippen LogP contribution in [0.2, 0.25) is 0 Å². The maximum absolute atomic E-state index is 10.4. The molecule has 0 atom stereocenters. The first-order valence-corrected chi connectivity index (χ1v) is 2.73. The summed E-state index contributed by atoms with van der Waals surface area (Å²) in [5.41, 5.74) is 0. The Balaban J connectivity index is 2.40. The first kappa shape index (κ1) is 5.50. The molecule has 44 valence electrons. The summed E-state index contributed by atoms with van der Waals surface area (Å²) >= 11 is 4.73. The Labute approximate surface area is 52.4 Å². The number of rotatable bonds is 0. The molecule has 0 aromatic rings. The lowest BCUT2D eigenvalue weighted by Crippen LogP contribution is -2.47. The van der Waals surface area contributed by atoms with Gasteiger partial charge in [0.05, 0.1) is 18.1 Å². The minimum absolute atomic E-state index is 0.0126. The Kier molecular flexibility index (Phi) is 1.43. The van der Waals surface area contributed by atoms with Crippen molar-refractivity contribution in [2.24, 2.45) is 0 Å². The minimum atomic E-state index is 0.0126. The maximum atomic E-state index is 10.4. The van der Waals surface area contributed by atoms with Gasteiger partial charge in [-0.15, -0.1) is 0 Å². The van der Waals surface area contributed by atoms with Crippen molar-refractivity contribution in [3.05, 3.63) is 0 Å². The van der Waals surface area contributed by atoms with E-state index >= 15 is 0 Å². The van der Waals surface area contributed by atoms with E-state index in [1.54, 1.807) is 0 Å². The van der Waals surface area contributed by atoms with Crippen molar-refractivity contribution in [1.29, 1.82) is 0 Å². The van der Waals surface area contributed by atoms with Crippen LogP contribution in [0.15, 0.2) is 0 Å². The summed E-state index contributed by atoms with van der Waals surface area (Å²) in [6.45, 7) is 0.826. The Hall–Kier alpha value is -0.640. The van der Waals surface area contributed by atoms with Gasteiger partial charge in [0.2, 0.25) is 5.91 Å². The van der Waals surface area contributed by atoms with Crippen molar-refractivity contribution in [1.82, 2.24) is 10.6 Å². The van der Waals surface area contributed by atoms with Gasteiger partial charge in [-0.2, -0.15) is 0 Å². The van der Waals surface area contributed by atoms with Crippen LogP contribution in [-0.4, -0.2) is 24.0 Å². The molecule has 0 bridgehead atoms. The van der Waals surface area contributed by atoms with Crippen molar-refractivity contribution in [2.45, 2.75) is 0 Å². The van der Waals surface area contributed by atoms with Crippen molar-refractivity contribution < 1.29 is 4.79 Å². The van der Waals surface area contributed by atoms with Gasteiger partial charge < -0.3 is 10.6 Å². The van der Waals surface area contributed by atoms with E-state index < -0.39 is 0 Å². The molecule has 0 spiro atoms. The molecule has 0 aliphatic carbocycles. The highest BCUT2D eigenvalue weighted by molar-refractivity contribution is 7.80. The molecule has 1 aliphatic rings. The summed E-state index contributed by atoms with van der Waals surface area (Å²) in [4.78, 5) is 11.1. The fourth-order valence-corrected chi connectivity index (χ4v) is 0.627. The molecule has 0 aromatic heterocycles. The van der Waals surface area contributed by atoms with Crippen molar-refractivity contribution in [2.75, 3.05) is 13.1 Å². The molecule has 0 aromatic carbocycles. The number of thiocarbonyl (C=S) groups is 1. The second-order valence-corrected chi connectivity index (χ2v) is 2.05. The fourth-order valence-electron chi connectivity index (χ4n) is 0.483. The van der Waals surface area contributed by atoms with Gasteiger partial charge in [0, 0.05) is 0 Å². The minimum Gasteiger partial charge on any atom is -0.369 e. The SMILES string of the molecule is O=C1CNC(=S)CN1. The van der Waals surface area contributed by atoms with E-state index in [2.05, 4.69) is 10.6 Å². The highest BCUT2D eigenvalue weighted by Crippen LogP contribution is 1.76. The largest absolute Gasteiger partial charge is 0.369 e. The monoisotopic (exact) mass is 130 g/mol. The number of nitrogens with one attached hydrogen (secondary N) is 2. The number of hydrogen-bond acceptors (Lipinski definition) is 2. The second kappa shape index (κ2) is 2.09. The predicted octanol–water partition coefficient (Wildman–Crippen LogP) is -0.967. The molecule has 1 aliphatic heterocycles. The van der Waals surface area contributed by atoms with E-state index in [4.69, 9.17) is 12.2 Å². The topological polar surface area (TPSA) is 41.1 Å². The van der Waals surface area contributed by atoms with E-state index in [0.29, 0.717) is 18.1 Å². The van der Waals surface area contributed by atoms with Crippen molar-refractivity contribution in [3.8, 4) is 0 Å². The van der Waals surface area contributed by atoms with Gasteiger partial charge in [-0.1, -0.05) is 12.2 Å². The molecule has 1 amide bonds. The Morgan fingerprint density at radius 3 is 2.50 bits per heavy atom. The lowest BCUT2D eigenvalue weighted by atomic mass is 10.4. The first-order chi connectivity index (χ1) is 3.79. The number of carbonyl (C=O) groups excluding carboxylic acids is 1. The molecule has 4 heteroatoms. The molecule has 8 heavy (non-hydrogen) atoms. The van der Waals surface area contributed by atoms with Crippen LogP contribution >= 0.6 is 12.2 Å². The Morgan fingerprint density at radius 2 is 2.12 bits per heavy atom. The molecular formula is C4H6N2OS. The second-order valence-electron chi connectivity index (χ2n) is 1.55. The predicted molar refractivity (Wildman–Crippen MR) is 33.6 cm³/mol. The number of carbonyl (C=O) groups is 1. The number of hydrogen-bond donors (Lipinski definition) is 2. The number of piperazine rings is 1. The average molecular weight is 130 g/mol. The fraction of sp³-hybridized carbons (Fsp3) is 0.500. The van der Waals surface area contributed by atoms with Crippen molar-refractivity contribution >= 4 is 23.1 Å². The normalized spacial score (nSPS) is 19.5. The van der Waals surface area contributed by atoms with Gasteiger partial charge in [-0.25, -0.2) is 0 Å². The zero-order valence-electron chi connectivity index (χ0n) is 4.23. The van der Waals surface area contributed by atoms with Gasteiger partial charge >= 0.3 is 0 Å². The summed E-state index contributed by atoms with van der Waals surface area (Å²) in [6.07, 6.45) is 0.